The summed E-state index contributed by atoms with van der Waals surface area (Å²) in [5.74, 6) is 0. The number of anilines is 1. The van der Waals surface area contributed by atoms with Crippen LogP contribution in [0.25, 0.3) is 0 Å². The first-order valence-electron chi connectivity index (χ1n) is 3.93. The van der Waals surface area contributed by atoms with Gasteiger partial charge in [0.25, 0.3) is 0 Å². The maximum Gasteiger partial charge on any atom is 0.0502 e. The molecule has 3 heteroatoms. The van der Waals surface area contributed by atoms with Gasteiger partial charge in [-0.1, -0.05) is 35.8 Å². The summed E-state index contributed by atoms with van der Waals surface area (Å²) in [6, 6.07) is 5.69. The number of benzene rings is 1. The number of rotatable bonds is 3. The van der Waals surface area contributed by atoms with Gasteiger partial charge < -0.3 is 5.32 Å². The Morgan fingerprint density at radius 3 is 2.85 bits per heavy atom. The van der Waals surface area contributed by atoms with Gasteiger partial charge in [-0.05, 0) is 24.6 Å². The highest BCUT2D eigenvalue weighted by Crippen LogP contribution is 2.20. The Balaban J connectivity index is 2.75. The lowest BCUT2D eigenvalue weighted by molar-refractivity contribution is 1.29. The van der Waals surface area contributed by atoms with Crippen LogP contribution in [-0.2, 0) is 0 Å². The van der Waals surface area contributed by atoms with Crippen molar-refractivity contribution in [3.63, 3.8) is 0 Å². The Morgan fingerprint density at radius 1 is 1.54 bits per heavy atom. The lowest BCUT2D eigenvalue weighted by Gasteiger charge is -2.08. The topological polar surface area (TPSA) is 12.0 Å². The first kappa shape index (κ1) is 10.4. The quantitative estimate of drug-likeness (QED) is 0.809. The van der Waals surface area contributed by atoms with Crippen molar-refractivity contribution in [1.29, 1.82) is 0 Å². The van der Waals surface area contributed by atoms with E-state index in [0.29, 0.717) is 16.6 Å². The lowest BCUT2D eigenvalue weighted by Crippen LogP contribution is -2.02. The van der Waals surface area contributed by atoms with Crippen molar-refractivity contribution < 1.29 is 0 Å². The molecule has 1 nitrogen and oxygen atoms in total. The van der Waals surface area contributed by atoms with Crippen molar-refractivity contribution in [3.8, 4) is 0 Å². The van der Waals surface area contributed by atoms with Crippen molar-refractivity contribution in [2.75, 3.05) is 11.9 Å². The van der Waals surface area contributed by atoms with E-state index in [1.165, 1.54) is 0 Å². The summed E-state index contributed by atoms with van der Waals surface area (Å²) < 4.78 is 0. The highest BCUT2D eigenvalue weighted by atomic mass is 35.5. The molecule has 0 aliphatic heterocycles. The van der Waals surface area contributed by atoms with Crippen LogP contribution in [-0.4, -0.2) is 6.54 Å². The Kier molecular flexibility index (Phi) is 3.64. The molecule has 1 rings (SSSR count). The second-order valence-corrected chi connectivity index (χ2v) is 3.80. The molecule has 0 atom stereocenters. The summed E-state index contributed by atoms with van der Waals surface area (Å²) in [6.45, 7) is 6.16. The van der Waals surface area contributed by atoms with Crippen LogP contribution in [0.5, 0.6) is 0 Å². The van der Waals surface area contributed by atoms with Gasteiger partial charge in [-0.25, -0.2) is 0 Å². The molecule has 0 heterocycles. The maximum atomic E-state index is 5.84. The standard InChI is InChI=1S/C10H11Cl2N/c1-7-3-4-9(12)5-10(7)13-6-8(2)11/h3-5,13H,2,6H2,1H3. The highest BCUT2D eigenvalue weighted by molar-refractivity contribution is 6.31. The molecule has 1 aromatic rings. The minimum atomic E-state index is 0.558. The van der Waals surface area contributed by atoms with Gasteiger partial charge in [0.15, 0.2) is 0 Å². The zero-order valence-electron chi connectivity index (χ0n) is 7.40. The third-order valence-electron chi connectivity index (χ3n) is 1.67. The van der Waals surface area contributed by atoms with Crippen molar-refractivity contribution >= 4 is 28.9 Å². The van der Waals surface area contributed by atoms with Gasteiger partial charge in [-0.2, -0.15) is 0 Å². The predicted molar refractivity (Wildman–Crippen MR) is 59.7 cm³/mol. The van der Waals surface area contributed by atoms with Crippen molar-refractivity contribution in [3.05, 3.63) is 40.4 Å². The summed E-state index contributed by atoms with van der Waals surface area (Å²) in [7, 11) is 0. The van der Waals surface area contributed by atoms with E-state index in [9.17, 15) is 0 Å². The van der Waals surface area contributed by atoms with Crippen LogP contribution in [0.15, 0.2) is 29.8 Å². The molecule has 0 unspecified atom stereocenters. The molecule has 0 saturated heterocycles. The summed E-state index contributed by atoms with van der Waals surface area (Å²) >= 11 is 11.5. The Bertz CT molecular complexity index is 321. The van der Waals surface area contributed by atoms with Crippen LogP contribution in [0.2, 0.25) is 5.02 Å². The molecule has 1 aromatic carbocycles. The van der Waals surface area contributed by atoms with Gasteiger partial charge in [-0.15, -0.1) is 0 Å². The van der Waals surface area contributed by atoms with Crippen molar-refractivity contribution in [1.82, 2.24) is 0 Å². The molecule has 0 fully saturated rings. The van der Waals surface area contributed by atoms with E-state index in [0.717, 1.165) is 11.3 Å². The molecular weight excluding hydrogens is 205 g/mol. The predicted octanol–water partition coefficient (Wildman–Crippen LogP) is 3.81. The fourth-order valence-electron chi connectivity index (χ4n) is 0.976. The fourth-order valence-corrected chi connectivity index (χ4v) is 1.21. The normalized spacial score (nSPS) is 9.77. The lowest BCUT2D eigenvalue weighted by atomic mass is 10.2. The molecule has 0 aromatic heterocycles. The van der Waals surface area contributed by atoms with Crippen molar-refractivity contribution in [2.45, 2.75) is 6.92 Å². The third kappa shape index (κ3) is 3.29. The Morgan fingerprint density at radius 2 is 2.23 bits per heavy atom. The molecular formula is C10H11Cl2N. The minimum Gasteiger partial charge on any atom is -0.380 e. The number of hydrogen-bond acceptors (Lipinski definition) is 1. The molecule has 0 aliphatic carbocycles. The zero-order valence-corrected chi connectivity index (χ0v) is 8.91. The summed E-state index contributed by atoms with van der Waals surface area (Å²) in [6.07, 6.45) is 0. The number of aryl methyl sites for hydroxylation is 1. The fraction of sp³-hybridized carbons (Fsp3) is 0.200. The largest absolute Gasteiger partial charge is 0.380 e. The molecule has 0 spiro atoms. The van der Waals surface area contributed by atoms with Gasteiger partial charge in [0, 0.05) is 15.7 Å². The molecule has 1 N–H and O–H groups in total. The van der Waals surface area contributed by atoms with E-state index in [1.807, 2.05) is 25.1 Å². The number of halogens is 2. The molecule has 0 radical (unpaired) electrons. The van der Waals surface area contributed by atoms with Crippen LogP contribution < -0.4 is 5.32 Å². The van der Waals surface area contributed by atoms with Crippen LogP contribution in [0.3, 0.4) is 0 Å². The van der Waals surface area contributed by atoms with Gasteiger partial charge in [0.2, 0.25) is 0 Å². The van der Waals surface area contributed by atoms with Gasteiger partial charge in [-0.3, -0.25) is 0 Å². The summed E-state index contributed by atoms with van der Waals surface area (Å²) in [4.78, 5) is 0. The van der Waals surface area contributed by atoms with Gasteiger partial charge >= 0.3 is 0 Å². The van der Waals surface area contributed by atoms with E-state index in [2.05, 4.69) is 11.9 Å². The number of hydrogen-bond donors (Lipinski definition) is 1. The summed E-state index contributed by atoms with van der Waals surface area (Å²) in [5.41, 5.74) is 2.14. The van der Waals surface area contributed by atoms with Gasteiger partial charge in [0.1, 0.15) is 0 Å². The molecule has 0 amide bonds. The Labute approximate surface area is 88.4 Å². The second-order valence-electron chi connectivity index (χ2n) is 2.83. The first-order chi connectivity index (χ1) is 6.09. The van der Waals surface area contributed by atoms with Crippen LogP contribution >= 0.6 is 23.2 Å². The second kappa shape index (κ2) is 4.54. The smallest absolute Gasteiger partial charge is 0.0502 e. The van der Waals surface area contributed by atoms with E-state index >= 15 is 0 Å². The van der Waals surface area contributed by atoms with Crippen LogP contribution in [0.1, 0.15) is 5.56 Å². The highest BCUT2D eigenvalue weighted by Gasteiger charge is 1.98. The molecule has 0 aliphatic rings. The summed E-state index contributed by atoms with van der Waals surface area (Å²) in [5, 5.41) is 4.44. The van der Waals surface area contributed by atoms with Crippen LogP contribution in [0, 0.1) is 6.92 Å². The van der Waals surface area contributed by atoms with Crippen LogP contribution in [0.4, 0.5) is 5.69 Å². The third-order valence-corrected chi connectivity index (χ3v) is 2.04. The van der Waals surface area contributed by atoms with E-state index in [1.54, 1.807) is 0 Å². The van der Waals surface area contributed by atoms with E-state index < -0.39 is 0 Å². The zero-order chi connectivity index (χ0) is 9.84. The maximum absolute atomic E-state index is 5.84. The number of nitrogens with one attached hydrogen (secondary N) is 1. The molecule has 0 saturated carbocycles. The van der Waals surface area contributed by atoms with Crippen molar-refractivity contribution in [2.24, 2.45) is 0 Å². The average molecular weight is 216 g/mol. The first-order valence-corrected chi connectivity index (χ1v) is 4.68. The van der Waals surface area contributed by atoms with E-state index in [4.69, 9.17) is 23.2 Å². The molecule has 0 bridgehead atoms. The van der Waals surface area contributed by atoms with E-state index in [-0.39, 0.29) is 0 Å². The average Bonchev–Trinajstić information content (AvgIpc) is 2.06. The van der Waals surface area contributed by atoms with Gasteiger partial charge in [0.05, 0.1) is 6.54 Å². The SMILES string of the molecule is C=C(Cl)CNc1cc(Cl)ccc1C. The molecule has 70 valence electrons. The molecule has 13 heavy (non-hydrogen) atoms. The monoisotopic (exact) mass is 215 g/mol. The minimum absolute atomic E-state index is 0.558. The Hall–Kier alpha value is -0.660.